The molecule has 0 radical (unpaired) electrons. The molecule has 0 heterocycles. The maximum atomic E-state index is 12.2. The number of carboxylic acids is 1. The topological polar surface area (TPSA) is 83.5 Å². The van der Waals surface area contributed by atoms with E-state index in [1.54, 1.807) is 19.1 Å². The van der Waals surface area contributed by atoms with Crippen LogP contribution in [0.2, 0.25) is 5.02 Å². The molecule has 1 aromatic carbocycles. The number of carbonyl (C=O) groups is 1. The molecule has 0 aromatic heterocycles. The van der Waals surface area contributed by atoms with Crippen molar-refractivity contribution in [1.82, 2.24) is 4.72 Å². The van der Waals surface area contributed by atoms with Crippen LogP contribution in [0.15, 0.2) is 23.1 Å². The van der Waals surface area contributed by atoms with Crippen LogP contribution in [0.3, 0.4) is 0 Å². The van der Waals surface area contributed by atoms with E-state index >= 15 is 0 Å². The minimum absolute atomic E-state index is 0.0298. The highest BCUT2D eigenvalue weighted by molar-refractivity contribution is 7.89. The molecule has 118 valence electrons. The van der Waals surface area contributed by atoms with Crippen LogP contribution in [-0.4, -0.2) is 26.0 Å². The van der Waals surface area contributed by atoms with Crippen molar-refractivity contribution in [2.75, 3.05) is 6.54 Å². The van der Waals surface area contributed by atoms with Gasteiger partial charge < -0.3 is 5.11 Å². The molecule has 0 aliphatic rings. The highest BCUT2D eigenvalue weighted by Crippen LogP contribution is 2.24. The summed E-state index contributed by atoms with van der Waals surface area (Å²) in [5.74, 6) is -1.61. The molecule has 2 N–H and O–H groups in total. The van der Waals surface area contributed by atoms with E-state index in [0.717, 1.165) is 0 Å². The molecule has 1 atom stereocenters. The van der Waals surface area contributed by atoms with Gasteiger partial charge in [0, 0.05) is 6.54 Å². The number of aliphatic carboxylic acids is 1. The molecule has 5 nitrogen and oxygen atoms in total. The molecule has 0 saturated carbocycles. The summed E-state index contributed by atoms with van der Waals surface area (Å²) in [5, 5.41) is 9.28. The molecule has 7 heteroatoms. The van der Waals surface area contributed by atoms with Gasteiger partial charge in [-0.2, -0.15) is 0 Å². The first kappa shape index (κ1) is 17.9. The lowest BCUT2D eigenvalue weighted by atomic mass is 9.98. The quantitative estimate of drug-likeness (QED) is 0.803. The van der Waals surface area contributed by atoms with Gasteiger partial charge in [0.25, 0.3) is 0 Å². The summed E-state index contributed by atoms with van der Waals surface area (Å²) in [4.78, 5) is 11.1. The third kappa shape index (κ3) is 4.98. The summed E-state index contributed by atoms with van der Waals surface area (Å²) in [5.41, 5.74) is 0.650. The molecule has 1 aromatic rings. The fourth-order valence-electron chi connectivity index (χ4n) is 1.96. The second-order valence-electron chi connectivity index (χ2n) is 5.40. The minimum Gasteiger partial charge on any atom is -0.481 e. The van der Waals surface area contributed by atoms with Crippen LogP contribution >= 0.6 is 11.6 Å². The normalized spacial score (nSPS) is 13.4. The number of hydrogen-bond acceptors (Lipinski definition) is 3. The Balaban J connectivity index is 2.90. The highest BCUT2D eigenvalue weighted by Gasteiger charge is 2.24. The van der Waals surface area contributed by atoms with Crippen molar-refractivity contribution < 1.29 is 18.3 Å². The number of halogens is 1. The Labute approximate surface area is 130 Å². The predicted octanol–water partition coefficient (Wildman–Crippen LogP) is 2.67. The number of aryl methyl sites for hydroxylation is 1. The Kier molecular flexibility index (Phi) is 6.19. The summed E-state index contributed by atoms with van der Waals surface area (Å²) >= 11 is 6.00. The molecule has 0 amide bonds. The van der Waals surface area contributed by atoms with Gasteiger partial charge in [-0.05, 0) is 30.9 Å². The van der Waals surface area contributed by atoms with Crippen molar-refractivity contribution >= 4 is 27.6 Å². The van der Waals surface area contributed by atoms with E-state index in [2.05, 4.69) is 4.72 Å². The first-order chi connectivity index (χ1) is 9.65. The van der Waals surface area contributed by atoms with Crippen LogP contribution < -0.4 is 4.72 Å². The molecular formula is C14H20ClNO4S. The zero-order valence-electron chi connectivity index (χ0n) is 12.3. The van der Waals surface area contributed by atoms with Gasteiger partial charge in [-0.15, -0.1) is 0 Å². The van der Waals surface area contributed by atoms with E-state index in [-0.39, 0.29) is 22.4 Å². The van der Waals surface area contributed by atoms with Gasteiger partial charge in [0.1, 0.15) is 4.90 Å². The van der Waals surface area contributed by atoms with E-state index in [0.29, 0.717) is 12.0 Å². The second kappa shape index (κ2) is 7.24. The Bertz CT molecular complexity index is 613. The highest BCUT2D eigenvalue weighted by atomic mass is 35.5. The van der Waals surface area contributed by atoms with Crippen LogP contribution in [0.5, 0.6) is 0 Å². The van der Waals surface area contributed by atoms with Crippen molar-refractivity contribution in [1.29, 1.82) is 0 Å². The zero-order valence-corrected chi connectivity index (χ0v) is 13.8. The number of hydrogen-bond donors (Lipinski definition) is 2. The Morgan fingerprint density at radius 2 is 2.00 bits per heavy atom. The Morgan fingerprint density at radius 3 is 2.52 bits per heavy atom. The molecular weight excluding hydrogens is 314 g/mol. The number of carboxylic acid groups (broad SMARTS) is 1. The van der Waals surface area contributed by atoms with Crippen LogP contribution in [-0.2, 0) is 14.8 Å². The predicted molar refractivity (Wildman–Crippen MR) is 82.0 cm³/mol. The first-order valence-corrected chi connectivity index (χ1v) is 8.49. The molecule has 0 fully saturated rings. The van der Waals surface area contributed by atoms with Crippen molar-refractivity contribution in [3.63, 3.8) is 0 Å². The number of benzene rings is 1. The second-order valence-corrected chi connectivity index (χ2v) is 7.52. The molecule has 1 rings (SSSR count). The molecule has 0 bridgehead atoms. The zero-order chi connectivity index (χ0) is 16.2. The van der Waals surface area contributed by atoms with Crippen LogP contribution in [0.1, 0.15) is 25.8 Å². The van der Waals surface area contributed by atoms with Gasteiger partial charge >= 0.3 is 5.97 Å². The van der Waals surface area contributed by atoms with E-state index in [1.807, 2.05) is 13.8 Å². The van der Waals surface area contributed by atoms with Gasteiger partial charge in [-0.1, -0.05) is 37.6 Å². The lowest BCUT2D eigenvalue weighted by Gasteiger charge is -2.16. The summed E-state index contributed by atoms with van der Waals surface area (Å²) in [6, 6.07) is 4.70. The van der Waals surface area contributed by atoms with Gasteiger partial charge in [-0.25, -0.2) is 13.1 Å². The lowest BCUT2D eigenvalue weighted by Crippen LogP contribution is -2.33. The monoisotopic (exact) mass is 333 g/mol. The van der Waals surface area contributed by atoms with Gasteiger partial charge in [-0.3, -0.25) is 4.79 Å². The smallest absolute Gasteiger partial charge is 0.307 e. The van der Waals surface area contributed by atoms with E-state index in [1.165, 1.54) is 6.07 Å². The third-order valence-electron chi connectivity index (χ3n) is 3.07. The largest absolute Gasteiger partial charge is 0.481 e. The average molecular weight is 334 g/mol. The van der Waals surface area contributed by atoms with Crippen LogP contribution in [0, 0.1) is 18.8 Å². The number of sulfonamides is 1. The molecule has 0 saturated heterocycles. The Morgan fingerprint density at radius 1 is 1.38 bits per heavy atom. The van der Waals surface area contributed by atoms with E-state index in [4.69, 9.17) is 16.7 Å². The lowest BCUT2D eigenvalue weighted by molar-refractivity contribution is -0.142. The minimum atomic E-state index is -3.82. The third-order valence-corrected chi connectivity index (χ3v) is 5.15. The van der Waals surface area contributed by atoms with Crippen molar-refractivity contribution in [3.05, 3.63) is 28.8 Å². The Hall–Kier alpha value is -1.11. The molecule has 1 unspecified atom stereocenters. The number of rotatable bonds is 7. The fourth-order valence-corrected chi connectivity index (χ4v) is 3.62. The summed E-state index contributed by atoms with van der Waals surface area (Å²) in [6.45, 7) is 5.34. The van der Waals surface area contributed by atoms with Gasteiger partial charge in [0.15, 0.2) is 0 Å². The molecule has 21 heavy (non-hydrogen) atoms. The molecule has 0 spiro atoms. The molecule has 0 aliphatic heterocycles. The summed E-state index contributed by atoms with van der Waals surface area (Å²) < 4.78 is 26.8. The molecule has 0 aliphatic carbocycles. The van der Waals surface area contributed by atoms with Gasteiger partial charge in [0.2, 0.25) is 10.0 Å². The number of nitrogens with one attached hydrogen (secondary N) is 1. The van der Waals surface area contributed by atoms with Crippen molar-refractivity contribution in [2.24, 2.45) is 11.8 Å². The first-order valence-electron chi connectivity index (χ1n) is 6.62. The van der Waals surface area contributed by atoms with E-state index < -0.39 is 21.9 Å². The van der Waals surface area contributed by atoms with Crippen molar-refractivity contribution in [3.8, 4) is 0 Å². The van der Waals surface area contributed by atoms with Crippen molar-refractivity contribution in [2.45, 2.75) is 32.1 Å². The van der Waals surface area contributed by atoms with E-state index in [9.17, 15) is 13.2 Å². The maximum Gasteiger partial charge on any atom is 0.307 e. The summed E-state index contributed by atoms with van der Waals surface area (Å²) in [6.07, 6.45) is 0.402. The SMILES string of the molecule is Cc1cccc(S(=O)(=O)NCC(CC(C)C)C(=O)O)c1Cl. The van der Waals surface area contributed by atoms with Crippen LogP contribution in [0.25, 0.3) is 0 Å². The summed E-state index contributed by atoms with van der Waals surface area (Å²) in [7, 11) is -3.82. The fraction of sp³-hybridized carbons (Fsp3) is 0.500. The maximum absolute atomic E-state index is 12.2. The standard InChI is InChI=1S/C14H20ClNO4S/c1-9(2)7-11(14(17)18)8-16-21(19,20)12-6-4-5-10(3)13(12)15/h4-6,9,11,16H,7-8H2,1-3H3,(H,17,18). The van der Waals surface area contributed by atoms with Crippen LogP contribution in [0.4, 0.5) is 0 Å². The average Bonchev–Trinajstić information content (AvgIpc) is 2.36. The van der Waals surface area contributed by atoms with Gasteiger partial charge in [0.05, 0.1) is 10.9 Å².